The van der Waals surface area contributed by atoms with Crippen molar-refractivity contribution < 1.29 is 4.74 Å². The lowest BCUT2D eigenvalue weighted by Gasteiger charge is -2.50. The van der Waals surface area contributed by atoms with Crippen LogP contribution in [0.4, 0.5) is 5.82 Å². The molecular weight excluding hydrogens is 238 g/mol. The topological polar surface area (TPSA) is 37.4 Å². The Hall–Kier alpha value is -1.29. The SMILES string of the molecule is COc1ccc(N2CCNCC23CCCCC3)nc1. The number of hydrogen-bond acceptors (Lipinski definition) is 4. The molecule has 4 heteroatoms. The highest BCUT2D eigenvalue weighted by Gasteiger charge is 2.40. The first-order chi connectivity index (χ1) is 9.34. The molecule has 0 bridgehead atoms. The molecule has 0 amide bonds. The first-order valence-electron chi connectivity index (χ1n) is 7.32. The van der Waals surface area contributed by atoms with E-state index < -0.39 is 0 Å². The second kappa shape index (κ2) is 5.37. The quantitative estimate of drug-likeness (QED) is 0.885. The Morgan fingerprint density at radius 1 is 1.26 bits per heavy atom. The van der Waals surface area contributed by atoms with Crippen molar-refractivity contribution in [3.8, 4) is 5.75 Å². The molecule has 1 saturated carbocycles. The van der Waals surface area contributed by atoms with E-state index in [4.69, 9.17) is 4.74 Å². The summed E-state index contributed by atoms with van der Waals surface area (Å²) >= 11 is 0. The van der Waals surface area contributed by atoms with Gasteiger partial charge in [0.25, 0.3) is 0 Å². The Morgan fingerprint density at radius 2 is 2.11 bits per heavy atom. The normalized spacial score (nSPS) is 22.5. The van der Waals surface area contributed by atoms with Gasteiger partial charge in [0, 0.05) is 19.6 Å². The molecule has 2 fully saturated rings. The molecule has 3 rings (SSSR count). The van der Waals surface area contributed by atoms with Crippen molar-refractivity contribution >= 4 is 5.82 Å². The van der Waals surface area contributed by atoms with Gasteiger partial charge in [0.2, 0.25) is 0 Å². The molecule has 2 aliphatic rings. The number of piperazine rings is 1. The van der Waals surface area contributed by atoms with Gasteiger partial charge in [-0.15, -0.1) is 0 Å². The summed E-state index contributed by atoms with van der Waals surface area (Å²) in [5, 5.41) is 3.57. The highest BCUT2D eigenvalue weighted by Crippen LogP contribution is 2.37. The van der Waals surface area contributed by atoms with Gasteiger partial charge < -0.3 is 15.0 Å². The van der Waals surface area contributed by atoms with Crippen LogP contribution in [0.1, 0.15) is 32.1 Å². The first kappa shape index (κ1) is 12.7. The number of aromatic nitrogens is 1. The summed E-state index contributed by atoms with van der Waals surface area (Å²) in [5.41, 5.74) is 0.290. The minimum Gasteiger partial charge on any atom is -0.495 e. The Labute approximate surface area is 115 Å². The number of pyridine rings is 1. The summed E-state index contributed by atoms with van der Waals surface area (Å²) in [5.74, 6) is 1.93. The van der Waals surface area contributed by atoms with Gasteiger partial charge >= 0.3 is 0 Å². The lowest BCUT2D eigenvalue weighted by atomic mass is 9.79. The zero-order valence-corrected chi connectivity index (χ0v) is 11.7. The Bertz CT molecular complexity index is 404. The van der Waals surface area contributed by atoms with Crippen molar-refractivity contribution in [1.82, 2.24) is 10.3 Å². The fourth-order valence-electron chi connectivity index (χ4n) is 3.51. The Morgan fingerprint density at radius 3 is 2.79 bits per heavy atom. The summed E-state index contributed by atoms with van der Waals surface area (Å²) in [6.07, 6.45) is 8.46. The number of methoxy groups -OCH3 is 1. The van der Waals surface area contributed by atoms with Gasteiger partial charge in [-0.1, -0.05) is 19.3 Å². The van der Waals surface area contributed by atoms with Crippen molar-refractivity contribution in [2.45, 2.75) is 37.6 Å². The van der Waals surface area contributed by atoms with E-state index >= 15 is 0 Å². The van der Waals surface area contributed by atoms with Crippen molar-refractivity contribution in [1.29, 1.82) is 0 Å². The maximum absolute atomic E-state index is 5.20. The third-order valence-corrected chi connectivity index (χ3v) is 4.56. The fourth-order valence-corrected chi connectivity index (χ4v) is 3.51. The third-order valence-electron chi connectivity index (χ3n) is 4.56. The minimum atomic E-state index is 0.290. The highest BCUT2D eigenvalue weighted by atomic mass is 16.5. The van der Waals surface area contributed by atoms with E-state index in [2.05, 4.69) is 21.3 Å². The van der Waals surface area contributed by atoms with Crippen LogP contribution in [-0.4, -0.2) is 37.3 Å². The molecule has 0 radical (unpaired) electrons. The predicted molar refractivity (Wildman–Crippen MR) is 76.8 cm³/mol. The van der Waals surface area contributed by atoms with Crippen LogP contribution in [0.25, 0.3) is 0 Å². The van der Waals surface area contributed by atoms with Gasteiger partial charge in [-0.25, -0.2) is 4.98 Å². The van der Waals surface area contributed by atoms with Crippen LogP contribution < -0.4 is 15.0 Å². The van der Waals surface area contributed by atoms with E-state index in [1.165, 1.54) is 32.1 Å². The van der Waals surface area contributed by atoms with E-state index in [9.17, 15) is 0 Å². The maximum Gasteiger partial charge on any atom is 0.137 e. The first-order valence-corrected chi connectivity index (χ1v) is 7.32. The summed E-state index contributed by atoms with van der Waals surface area (Å²) in [6.45, 7) is 3.20. The summed E-state index contributed by atoms with van der Waals surface area (Å²) in [4.78, 5) is 7.13. The maximum atomic E-state index is 5.20. The molecule has 1 aromatic heterocycles. The van der Waals surface area contributed by atoms with E-state index in [1.807, 2.05) is 12.3 Å². The molecule has 1 aliphatic heterocycles. The van der Waals surface area contributed by atoms with Gasteiger partial charge in [-0.2, -0.15) is 0 Å². The van der Waals surface area contributed by atoms with Crippen LogP contribution in [-0.2, 0) is 0 Å². The third kappa shape index (κ3) is 2.41. The van der Waals surface area contributed by atoms with Crippen LogP contribution in [0, 0.1) is 0 Å². The molecule has 0 unspecified atom stereocenters. The number of nitrogens with one attached hydrogen (secondary N) is 1. The second-order valence-corrected chi connectivity index (χ2v) is 5.67. The van der Waals surface area contributed by atoms with Gasteiger partial charge in [-0.05, 0) is 25.0 Å². The molecule has 1 aromatic rings. The minimum absolute atomic E-state index is 0.290. The molecule has 19 heavy (non-hydrogen) atoms. The smallest absolute Gasteiger partial charge is 0.137 e. The molecular formula is C15H23N3O. The molecule has 1 spiro atoms. The average molecular weight is 261 g/mol. The molecule has 104 valence electrons. The molecule has 0 atom stereocenters. The molecule has 1 N–H and O–H groups in total. The van der Waals surface area contributed by atoms with E-state index in [1.54, 1.807) is 7.11 Å². The highest BCUT2D eigenvalue weighted by molar-refractivity contribution is 5.45. The van der Waals surface area contributed by atoms with Crippen LogP contribution in [0.5, 0.6) is 5.75 Å². The van der Waals surface area contributed by atoms with Crippen LogP contribution in [0.3, 0.4) is 0 Å². The van der Waals surface area contributed by atoms with Crippen molar-refractivity contribution in [2.24, 2.45) is 0 Å². The molecule has 1 saturated heterocycles. The second-order valence-electron chi connectivity index (χ2n) is 5.67. The van der Waals surface area contributed by atoms with Crippen molar-refractivity contribution in [2.75, 3.05) is 31.6 Å². The monoisotopic (exact) mass is 261 g/mol. The number of anilines is 1. The predicted octanol–water partition coefficient (Wildman–Crippen LogP) is 2.20. The molecule has 2 heterocycles. The van der Waals surface area contributed by atoms with E-state index in [0.29, 0.717) is 0 Å². The van der Waals surface area contributed by atoms with Gasteiger partial charge in [0.15, 0.2) is 0 Å². The number of hydrogen-bond donors (Lipinski definition) is 1. The van der Waals surface area contributed by atoms with Crippen molar-refractivity contribution in [3.63, 3.8) is 0 Å². The van der Waals surface area contributed by atoms with E-state index in [-0.39, 0.29) is 5.54 Å². The van der Waals surface area contributed by atoms with Crippen LogP contribution >= 0.6 is 0 Å². The van der Waals surface area contributed by atoms with Crippen LogP contribution in [0.2, 0.25) is 0 Å². The van der Waals surface area contributed by atoms with Crippen LogP contribution in [0.15, 0.2) is 18.3 Å². The molecule has 1 aliphatic carbocycles. The number of nitrogens with zero attached hydrogens (tertiary/aromatic N) is 2. The largest absolute Gasteiger partial charge is 0.495 e. The number of ether oxygens (including phenoxy) is 1. The Balaban J connectivity index is 1.86. The average Bonchev–Trinajstić information content (AvgIpc) is 2.49. The molecule has 0 aromatic carbocycles. The van der Waals surface area contributed by atoms with Gasteiger partial charge in [0.1, 0.15) is 11.6 Å². The molecule has 4 nitrogen and oxygen atoms in total. The number of rotatable bonds is 2. The van der Waals surface area contributed by atoms with Gasteiger partial charge in [0.05, 0.1) is 18.8 Å². The zero-order valence-electron chi connectivity index (χ0n) is 11.7. The summed E-state index contributed by atoms with van der Waals surface area (Å²) in [6, 6.07) is 4.11. The Kier molecular flexibility index (Phi) is 3.60. The van der Waals surface area contributed by atoms with Crippen molar-refractivity contribution in [3.05, 3.63) is 18.3 Å². The van der Waals surface area contributed by atoms with E-state index in [0.717, 1.165) is 31.2 Å². The fraction of sp³-hybridized carbons (Fsp3) is 0.667. The summed E-state index contributed by atoms with van der Waals surface area (Å²) < 4.78 is 5.20. The standard InChI is InChI=1S/C15H23N3O/c1-19-13-5-6-14(17-11-13)18-10-9-16-12-15(18)7-3-2-4-8-15/h5-6,11,16H,2-4,7-10,12H2,1H3. The van der Waals surface area contributed by atoms with Gasteiger partial charge in [-0.3, -0.25) is 0 Å². The zero-order chi connectivity index (χ0) is 13.1. The summed E-state index contributed by atoms with van der Waals surface area (Å²) in [7, 11) is 1.68. The lowest BCUT2D eigenvalue weighted by molar-refractivity contribution is 0.239. The lowest BCUT2D eigenvalue weighted by Crippen LogP contribution is -2.62.